The molecule has 1 unspecified atom stereocenters. The van der Waals surface area contributed by atoms with Crippen molar-refractivity contribution in [2.75, 3.05) is 20.6 Å². The van der Waals surface area contributed by atoms with Crippen molar-refractivity contribution in [3.05, 3.63) is 70.5 Å². The number of hydrogen-bond donors (Lipinski definition) is 2. The highest BCUT2D eigenvalue weighted by Gasteiger charge is 2.41. The van der Waals surface area contributed by atoms with Gasteiger partial charge in [0.25, 0.3) is 0 Å². The van der Waals surface area contributed by atoms with Crippen molar-refractivity contribution < 1.29 is 33.7 Å². The van der Waals surface area contributed by atoms with Crippen molar-refractivity contribution in [1.82, 2.24) is 4.90 Å². The summed E-state index contributed by atoms with van der Waals surface area (Å²) in [5.74, 6) is -3.85. The number of halogens is 1. The Kier molecular flexibility index (Phi) is 8.01. The van der Waals surface area contributed by atoms with Crippen LogP contribution in [0.15, 0.2) is 42.5 Å². The normalized spacial score (nSPS) is 16.9. The summed E-state index contributed by atoms with van der Waals surface area (Å²) >= 11 is 0. The smallest absolute Gasteiger partial charge is 0.414 e. The average molecular weight is 431 g/mol. The maximum Gasteiger partial charge on any atom is 0.414 e. The minimum Gasteiger partial charge on any atom is -0.473 e. The first-order valence-electron chi connectivity index (χ1n) is 9.72. The number of carbonyl (C=O) groups excluding carboxylic acids is 1. The number of ether oxygens (including phenoxy) is 1. The molecule has 0 bridgehead atoms. The summed E-state index contributed by atoms with van der Waals surface area (Å²) in [6.45, 7) is 2.99. The lowest BCUT2D eigenvalue weighted by molar-refractivity contribution is -0.159. The second-order valence-corrected chi connectivity index (χ2v) is 7.57. The van der Waals surface area contributed by atoms with Crippen molar-refractivity contribution >= 4 is 17.7 Å². The van der Waals surface area contributed by atoms with Crippen molar-refractivity contribution in [3.8, 4) is 0 Å². The number of carboxylic acid groups (broad SMARTS) is 2. The van der Waals surface area contributed by atoms with Crippen molar-refractivity contribution in [3.63, 3.8) is 0 Å². The Labute approximate surface area is 180 Å². The van der Waals surface area contributed by atoms with Gasteiger partial charge in [0, 0.05) is 5.56 Å². The van der Waals surface area contributed by atoms with E-state index in [-0.39, 0.29) is 11.6 Å². The molecule has 1 aliphatic rings. The fraction of sp³-hybridized carbons (Fsp3) is 0.348. The number of nitrogens with zero attached hydrogens (tertiary/aromatic N) is 1. The molecule has 2 N–H and O–H groups in total. The zero-order chi connectivity index (χ0) is 23.2. The first-order chi connectivity index (χ1) is 14.6. The van der Waals surface area contributed by atoms with Gasteiger partial charge in [-0.1, -0.05) is 24.3 Å². The van der Waals surface area contributed by atoms with E-state index in [1.54, 1.807) is 19.1 Å². The molecule has 0 fully saturated rings. The van der Waals surface area contributed by atoms with E-state index in [0.717, 1.165) is 36.1 Å². The monoisotopic (exact) mass is 431 g/mol. The number of fused-ring (bicyclic) bond motifs is 1. The molecule has 1 atom stereocenters. The van der Waals surface area contributed by atoms with Crippen LogP contribution in [0, 0.1) is 5.82 Å². The summed E-state index contributed by atoms with van der Waals surface area (Å²) in [7, 11) is 4.10. The third kappa shape index (κ3) is 5.96. The first kappa shape index (κ1) is 24.2. The molecular formula is C23H26FNO6. The van der Waals surface area contributed by atoms with Crippen LogP contribution in [0.5, 0.6) is 0 Å². The molecule has 31 heavy (non-hydrogen) atoms. The van der Waals surface area contributed by atoms with Crippen molar-refractivity contribution in [2.45, 2.75) is 32.0 Å². The highest BCUT2D eigenvalue weighted by atomic mass is 19.1. The number of hydrogen-bond acceptors (Lipinski definition) is 5. The van der Waals surface area contributed by atoms with Gasteiger partial charge in [-0.25, -0.2) is 14.0 Å². The number of benzene rings is 2. The van der Waals surface area contributed by atoms with Gasteiger partial charge in [0.2, 0.25) is 0 Å². The fourth-order valence-corrected chi connectivity index (χ4v) is 3.56. The Morgan fingerprint density at radius 3 is 2.19 bits per heavy atom. The van der Waals surface area contributed by atoms with Crippen molar-refractivity contribution in [2.24, 2.45) is 0 Å². The largest absolute Gasteiger partial charge is 0.473 e. The fourth-order valence-electron chi connectivity index (χ4n) is 3.56. The summed E-state index contributed by atoms with van der Waals surface area (Å²) in [6.07, 6.45) is 1.77. The highest BCUT2D eigenvalue weighted by molar-refractivity contribution is 6.27. The van der Waals surface area contributed by atoms with E-state index in [2.05, 4.69) is 4.90 Å². The predicted molar refractivity (Wildman–Crippen MR) is 111 cm³/mol. The highest BCUT2D eigenvalue weighted by Crippen LogP contribution is 2.45. The molecule has 0 spiro atoms. The van der Waals surface area contributed by atoms with Crippen LogP contribution in [0.25, 0.3) is 0 Å². The van der Waals surface area contributed by atoms with Crippen LogP contribution in [0.2, 0.25) is 0 Å². The Balaban J connectivity index is 0.000000501. The Morgan fingerprint density at radius 1 is 1.06 bits per heavy atom. The SMILES string of the molecule is CC(=O)c1ccc2c(c1)COC2(CCCN(C)C)c1ccc(F)cc1.O=C(O)C(=O)O. The van der Waals surface area contributed by atoms with Gasteiger partial charge >= 0.3 is 11.9 Å². The van der Waals surface area contributed by atoms with E-state index < -0.39 is 17.5 Å². The number of carboxylic acids is 2. The Bertz CT molecular complexity index is 945. The quantitative estimate of drug-likeness (QED) is 0.534. The van der Waals surface area contributed by atoms with E-state index in [0.29, 0.717) is 12.2 Å². The molecule has 1 aliphatic heterocycles. The Hall–Kier alpha value is -3.10. The molecule has 0 radical (unpaired) electrons. The van der Waals surface area contributed by atoms with Crippen LogP contribution in [0.4, 0.5) is 4.39 Å². The standard InChI is InChI=1S/C21H24FNO2.C2H2O4/c1-15(24)16-5-10-20-17(13-16)14-25-21(20,11-4-12-23(2)3)18-6-8-19(22)9-7-18;3-1(4)2(5)6/h5-10,13H,4,11-12,14H2,1-3H3;(H,3,4)(H,5,6). The summed E-state index contributed by atoms with van der Waals surface area (Å²) in [4.78, 5) is 32.0. The minimum absolute atomic E-state index is 0.0506. The van der Waals surface area contributed by atoms with Crippen LogP contribution >= 0.6 is 0 Å². The van der Waals surface area contributed by atoms with Gasteiger partial charge < -0.3 is 19.8 Å². The Morgan fingerprint density at radius 2 is 1.68 bits per heavy atom. The second kappa shape index (κ2) is 10.3. The number of aliphatic carboxylic acids is 2. The summed E-state index contributed by atoms with van der Waals surface area (Å²) in [5.41, 5.74) is 3.21. The van der Waals surface area contributed by atoms with Gasteiger partial charge in [-0.05, 0) is 75.3 Å². The second-order valence-electron chi connectivity index (χ2n) is 7.57. The third-order valence-electron chi connectivity index (χ3n) is 5.05. The average Bonchev–Trinajstić information content (AvgIpc) is 3.07. The lowest BCUT2D eigenvalue weighted by Crippen LogP contribution is -2.28. The molecular weight excluding hydrogens is 405 g/mol. The van der Waals surface area contributed by atoms with Gasteiger partial charge in [-0.15, -0.1) is 0 Å². The van der Waals surface area contributed by atoms with Crippen LogP contribution in [-0.4, -0.2) is 53.5 Å². The van der Waals surface area contributed by atoms with E-state index >= 15 is 0 Å². The molecule has 0 aromatic heterocycles. The van der Waals surface area contributed by atoms with Crippen LogP contribution in [0.3, 0.4) is 0 Å². The van der Waals surface area contributed by atoms with Crippen LogP contribution in [0.1, 0.15) is 46.8 Å². The number of ketones is 1. The minimum atomic E-state index is -1.82. The third-order valence-corrected chi connectivity index (χ3v) is 5.05. The molecule has 2 aromatic rings. The van der Waals surface area contributed by atoms with Crippen molar-refractivity contribution in [1.29, 1.82) is 0 Å². The maximum atomic E-state index is 13.4. The van der Waals surface area contributed by atoms with Gasteiger partial charge in [-0.3, -0.25) is 4.79 Å². The molecule has 8 heteroatoms. The van der Waals surface area contributed by atoms with E-state index in [9.17, 15) is 9.18 Å². The maximum absolute atomic E-state index is 13.4. The first-order valence-corrected chi connectivity index (χ1v) is 9.72. The topological polar surface area (TPSA) is 104 Å². The van der Waals surface area contributed by atoms with Crippen LogP contribution in [-0.2, 0) is 26.5 Å². The number of carbonyl (C=O) groups is 3. The number of Topliss-reactive ketones (excluding diaryl/α,β-unsaturated/α-hetero) is 1. The molecule has 0 saturated heterocycles. The molecule has 1 heterocycles. The number of rotatable bonds is 6. The van der Waals surface area contributed by atoms with Gasteiger partial charge in [-0.2, -0.15) is 0 Å². The van der Waals surface area contributed by atoms with Gasteiger partial charge in [0.1, 0.15) is 11.4 Å². The molecule has 166 valence electrons. The van der Waals surface area contributed by atoms with Gasteiger partial charge in [0.15, 0.2) is 5.78 Å². The molecule has 3 rings (SSSR count). The van der Waals surface area contributed by atoms with E-state index in [1.165, 1.54) is 12.1 Å². The molecule has 0 aliphatic carbocycles. The van der Waals surface area contributed by atoms with E-state index in [1.807, 2.05) is 32.3 Å². The molecule has 0 saturated carbocycles. The van der Waals surface area contributed by atoms with Crippen LogP contribution < -0.4 is 0 Å². The lowest BCUT2D eigenvalue weighted by Gasteiger charge is -2.31. The zero-order valence-corrected chi connectivity index (χ0v) is 17.7. The molecule has 0 amide bonds. The molecule has 2 aromatic carbocycles. The zero-order valence-electron chi connectivity index (χ0n) is 17.7. The van der Waals surface area contributed by atoms with Gasteiger partial charge in [0.05, 0.1) is 6.61 Å². The summed E-state index contributed by atoms with van der Waals surface area (Å²) < 4.78 is 19.7. The predicted octanol–water partition coefficient (Wildman–Crippen LogP) is 3.30. The summed E-state index contributed by atoms with van der Waals surface area (Å²) in [6, 6.07) is 12.4. The summed E-state index contributed by atoms with van der Waals surface area (Å²) in [5, 5.41) is 14.8. The van der Waals surface area contributed by atoms with E-state index in [4.69, 9.17) is 24.5 Å². The molecule has 7 nitrogen and oxygen atoms in total. The lowest BCUT2D eigenvalue weighted by atomic mass is 9.81.